The van der Waals surface area contributed by atoms with Crippen LogP contribution in [0.25, 0.3) is 0 Å². The number of ether oxygens (including phenoxy) is 1. The third kappa shape index (κ3) is 6.43. The Morgan fingerprint density at radius 3 is 1.88 bits per heavy atom. The van der Waals surface area contributed by atoms with Crippen LogP contribution in [-0.4, -0.2) is 0 Å². The molecule has 0 saturated carbocycles. The van der Waals surface area contributed by atoms with Crippen LogP contribution in [0, 0.1) is 0 Å². The first-order valence-corrected chi connectivity index (χ1v) is 8.38. The second kappa shape index (κ2) is 10.1. The summed E-state index contributed by atoms with van der Waals surface area (Å²) >= 11 is 5.88. The molecule has 0 saturated heterocycles. The number of nitrogens with one attached hydrogen (secondary N) is 1. The van der Waals surface area contributed by atoms with Gasteiger partial charge in [-0.2, -0.15) is 0 Å². The van der Waals surface area contributed by atoms with E-state index in [2.05, 4.69) is 41.7 Å². The van der Waals surface area contributed by atoms with Crippen molar-refractivity contribution in [3.63, 3.8) is 0 Å². The topological polar surface area (TPSA) is 21.3 Å². The molecule has 25 heavy (non-hydrogen) atoms. The molecule has 0 aliphatic heterocycles. The quantitative estimate of drug-likeness (QED) is 0.579. The molecule has 0 radical (unpaired) electrons. The van der Waals surface area contributed by atoms with Gasteiger partial charge in [0, 0.05) is 18.1 Å². The lowest BCUT2D eigenvalue weighted by atomic mass is 10.2. The predicted octanol–water partition coefficient (Wildman–Crippen LogP) is 5.63. The molecule has 0 atom stereocenters. The maximum Gasteiger partial charge on any atom is 0.119 e. The number of rotatable bonds is 7. The molecule has 0 bridgehead atoms. The van der Waals surface area contributed by atoms with E-state index < -0.39 is 0 Å². The van der Waals surface area contributed by atoms with Crippen molar-refractivity contribution < 1.29 is 4.74 Å². The highest BCUT2D eigenvalue weighted by molar-refractivity contribution is 6.30. The van der Waals surface area contributed by atoms with Crippen LogP contribution in [0.2, 0.25) is 5.02 Å². The number of hydrogen-bond acceptors (Lipinski definition) is 2. The molecular weight excluding hydrogens is 353 g/mol. The summed E-state index contributed by atoms with van der Waals surface area (Å²) in [5, 5.41) is 4.19. The van der Waals surface area contributed by atoms with E-state index >= 15 is 0 Å². The number of halogens is 2. The van der Waals surface area contributed by atoms with Crippen molar-refractivity contribution in [3.8, 4) is 5.75 Å². The van der Waals surface area contributed by atoms with E-state index in [1.165, 1.54) is 11.1 Å². The molecule has 0 aliphatic rings. The molecule has 0 amide bonds. The Balaban J connectivity index is 0.00000225. The summed E-state index contributed by atoms with van der Waals surface area (Å²) in [6, 6.07) is 26.3. The van der Waals surface area contributed by atoms with Crippen molar-refractivity contribution in [2.24, 2.45) is 0 Å². The van der Waals surface area contributed by atoms with Gasteiger partial charge in [0.15, 0.2) is 0 Å². The van der Waals surface area contributed by atoms with Crippen LogP contribution in [0.15, 0.2) is 78.9 Å². The molecular formula is C21H21Cl2NO. The van der Waals surface area contributed by atoms with Gasteiger partial charge in [-0.3, -0.25) is 0 Å². The van der Waals surface area contributed by atoms with Crippen LogP contribution in [0.5, 0.6) is 5.75 Å². The molecule has 3 aromatic rings. The maximum atomic E-state index is 5.88. The predicted molar refractivity (Wildman–Crippen MR) is 106 cm³/mol. The normalized spacial score (nSPS) is 10.1. The molecule has 0 spiro atoms. The van der Waals surface area contributed by atoms with E-state index in [0.717, 1.165) is 29.4 Å². The van der Waals surface area contributed by atoms with Crippen LogP contribution in [-0.2, 0) is 19.7 Å². The lowest BCUT2D eigenvalue weighted by Crippen LogP contribution is -2.12. The van der Waals surface area contributed by atoms with E-state index in [1.54, 1.807) is 0 Å². The highest BCUT2D eigenvalue weighted by Gasteiger charge is 1.98. The zero-order valence-electron chi connectivity index (χ0n) is 13.8. The summed E-state index contributed by atoms with van der Waals surface area (Å²) < 4.78 is 5.80. The van der Waals surface area contributed by atoms with Gasteiger partial charge < -0.3 is 10.1 Å². The average Bonchev–Trinajstić information content (AvgIpc) is 2.63. The Morgan fingerprint density at radius 2 is 1.24 bits per heavy atom. The van der Waals surface area contributed by atoms with Gasteiger partial charge in [0.25, 0.3) is 0 Å². The Bertz CT molecular complexity index is 743. The molecule has 0 aromatic heterocycles. The zero-order chi connectivity index (χ0) is 16.6. The standard InChI is InChI=1S/C21H20ClNO.ClH/c22-20-10-6-19(7-11-20)16-24-21-12-8-18(9-13-21)15-23-14-17-4-2-1-3-5-17;/h1-13,23H,14-16H2;1H. The molecule has 4 heteroatoms. The van der Waals surface area contributed by atoms with E-state index in [9.17, 15) is 0 Å². The van der Waals surface area contributed by atoms with E-state index in [4.69, 9.17) is 16.3 Å². The average molecular weight is 374 g/mol. The van der Waals surface area contributed by atoms with Gasteiger partial charge in [0.05, 0.1) is 0 Å². The Kier molecular flexibility index (Phi) is 7.80. The van der Waals surface area contributed by atoms with E-state index in [1.807, 2.05) is 42.5 Å². The third-order valence-electron chi connectivity index (χ3n) is 3.74. The van der Waals surface area contributed by atoms with Crippen molar-refractivity contribution in [1.82, 2.24) is 5.32 Å². The van der Waals surface area contributed by atoms with Crippen molar-refractivity contribution in [2.75, 3.05) is 0 Å². The third-order valence-corrected chi connectivity index (χ3v) is 4.00. The van der Waals surface area contributed by atoms with Crippen molar-refractivity contribution in [2.45, 2.75) is 19.7 Å². The molecule has 3 rings (SSSR count). The molecule has 3 aromatic carbocycles. The van der Waals surface area contributed by atoms with Gasteiger partial charge in [-0.05, 0) is 41.0 Å². The Hall–Kier alpha value is -2.00. The van der Waals surface area contributed by atoms with Crippen LogP contribution in [0.1, 0.15) is 16.7 Å². The van der Waals surface area contributed by atoms with Crippen molar-refractivity contribution in [1.29, 1.82) is 0 Å². The summed E-state index contributed by atoms with van der Waals surface area (Å²) in [5.74, 6) is 0.872. The fourth-order valence-corrected chi connectivity index (χ4v) is 2.52. The van der Waals surface area contributed by atoms with E-state index in [0.29, 0.717) is 6.61 Å². The van der Waals surface area contributed by atoms with Gasteiger partial charge >= 0.3 is 0 Å². The van der Waals surface area contributed by atoms with Gasteiger partial charge in [-0.15, -0.1) is 12.4 Å². The second-order valence-corrected chi connectivity index (χ2v) is 6.08. The summed E-state index contributed by atoms with van der Waals surface area (Å²) in [6.45, 7) is 2.25. The molecule has 0 aliphatic carbocycles. The Morgan fingerprint density at radius 1 is 0.680 bits per heavy atom. The van der Waals surface area contributed by atoms with Crippen LogP contribution in [0.4, 0.5) is 0 Å². The molecule has 1 N–H and O–H groups in total. The zero-order valence-corrected chi connectivity index (χ0v) is 15.4. The molecule has 0 unspecified atom stereocenters. The van der Waals surface area contributed by atoms with Gasteiger partial charge in [0.2, 0.25) is 0 Å². The first-order valence-electron chi connectivity index (χ1n) is 8.00. The van der Waals surface area contributed by atoms with Crippen molar-refractivity contribution >= 4 is 24.0 Å². The van der Waals surface area contributed by atoms with Crippen LogP contribution in [0.3, 0.4) is 0 Å². The number of hydrogen-bond donors (Lipinski definition) is 1. The van der Waals surface area contributed by atoms with Gasteiger partial charge in [-0.25, -0.2) is 0 Å². The fourth-order valence-electron chi connectivity index (χ4n) is 2.40. The fraction of sp³-hybridized carbons (Fsp3) is 0.143. The van der Waals surface area contributed by atoms with Gasteiger partial charge in [-0.1, -0.05) is 66.2 Å². The highest BCUT2D eigenvalue weighted by Crippen LogP contribution is 2.15. The van der Waals surface area contributed by atoms with Crippen LogP contribution >= 0.6 is 24.0 Å². The van der Waals surface area contributed by atoms with E-state index in [-0.39, 0.29) is 12.4 Å². The lowest BCUT2D eigenvalue weighted by Gasteiger charge is -2.08. The minimum Gasteiger partial charge on any atom is -0.489 e. The first-order chi connectivity index (χ1) is 11.8. The van der Waals surface area contributed by atoms with Crippen LogP contribution < -0.4 is 10.1 Å². The summed E-state index contributed by atoms with van der Waals surface area (Å²) in [6.07, 6.45) is 0. The monoisotopic (exact) mass is 373 g/mol. The summed E-state index contributed by atoms with van der Waals surface area (Å²) in [7, 11) is 0. The second-order valence-electron chi connectivity index (χ2n) is 5.65. The smallest absolute Gasteiger partial charge is 0.119 e. The highest BCUT2D eigenvalue weighted by atomic mass is 35.5. The molecule has 0 fully saturated rings. The minimum absolute atomic E-state index is 0. The molecule has 2 nitrogen and oxygen atoms in total. The maximum absolute atomic E-state index is 5.88. The minimum atomic E-state index is 0. The number of benzene rings is 3. The SMILES string of the molecule is Cl.Clc1ccc(COc2ccc(CNCc3ccccc3)cc2)cc1. The first kappa shape index (κ1) is 19.3. The lowest BCUT2D eigenvalue weighted by molar-refractivity contribution is 0.306. The molecule has 0 heterocycles. The Labute approximate surface area is 160 Å². The molecule has 130 valence electrons. The summed E-state index contributed by atoms with van der Waals surface area (Å²) in [5.41, 5.74) is 3.64. The van der Waals surface area contributed by atoms with Crippen molar-refractivity contribution in [3.05, 3.63) is 101 Å². The summed E-state index contributed by atoms with van der Waals surface area (Å²) in [4.78, 5) is 0. The largest absolute Gasteiger partial charge is 0.489 e. The van der Waals surface area contributed by atoms with Gasteiger partial charge in [0.1, 0.15) is 12.4 Å².